The van der Waals surface area contributed by atoms with Gasteiger partial charge >= 0.3 is 0 Å². The molecule has 2 aromatic carbocycles. The van der Waals surface area contributed by atoms with Crippen molar-refractivity contribution in [1.29, 1.82) is 0 Å². The van der Waals surface area contributed by atoms with Gasteiger partial charge in [-0.2, -0.15) is 0 Å². The van der Waals surface area contributed by atoms with Gasteiger partial charge in [-0.25, -0.2) is 5.48 Å². The number of benzene rings is 2. The van der Waals surface area contributed by atoms with E-state index in [-0.39, 0.29) is 17.1 Å². The van der Waals surface area contributed by atoms with Gasteiger partial charge in [0, 0.05) is 16.1 Å². The number of amides is 1. The van der Waals surface area contributed by atoms with Gasteiger partial charge in [-0.05, 0) is 17.7 Å². The molecule has 3 nitrogen and oxygen atoms in total. The van der Waals surface area contributed by atoms with Crippen molar-refractivity contribution < 1.29 is 9.63 Å². The highest BCUT2D eigenvalue weighted by molar-refractivity contribution is 8.00. The lowest BCUT2D eigenvalue weighted by Crippen LogP contribution is -2.33. The molecular weight excluding hydrogens is 294 g/mol. The number of rotatable bonds is 7. The predicted molar refractivity (Wildman–Crippen MR) is 90.3 cm³/mol. The molecule has 0 aliphatic heterocycles. The fourth-order valence-corrected chi connectivity index (χ4v) is 2.96. The minimum atomic E-state index is -0.138. The van der Waals surface area contributed by atoms with Gasteiger partial charge in [0.15, 0.2) is 0 Å². The lowest BCUT2D eigenvalue weighted by Gasteiger charge is -2.18. The third-order valence-corrected chi connectivity index (χ3v) is 4.76. The maximum absolute atomic E-state index is 12.1. The number of carbonyl (C=O) groups is 1. The second kappa shape index (κ2) is 8.61. The molecule has 2 aromatic rings. The number of thioether (sulfide) groups is 1. The Morgan fingerprint density at radius 3 is 2.27 bits per heavy atom. The average Bonchev–Trinajstić information content (AvgIpc) is 2.56. The van der Waals surface area contributed by atoms with E-state index in [9.17, 15) is 4.79 Å². The molecule has 4 heteroatoms. The smallest absolute Gasteiger partial charge is 0.247 e. The second-order valence-electron chi connectivity index (χ2n) is 5.17. The summed E-state index contributed by atoms with van der Waals surface area (Å²) in [7, 11) is 0. The fraction of sp³-hybridized carbons (Fsp3) is 0.278. The molecule has 0 heterocycles. The van der Waals surface area contributed by atoms with Crippen molar-refractivity contribution in [3.8, 4) is 0 Å². The molecule has 2 atom stereocenters. The Hall–Kier alpha value is -1.78. The summed E-state index contributed by atoms with van der Waals surface area (Å²) < 4.78 is 0. The topological polar surface area (TPSA) is 38.3 Å². The first kappa shape index (κ1) is 16.6. The molecule has 0 unspecified atom stereocenters. The van der Waals surface area contributed by atoms with Crippen LogP contribution in [0.3, 0.4) is 0 Å². The molecule has 0 saturated carbocycles. The number of carbonyl (C=O) groups excluding carboxylic acids is 1. The monoisotopic (exact) mass is 315 g/mol. The van der Waals surface area contributed by atoms with E-state index in [1.807, 2.05) is 55.5 Å². The number of nitrogens with one attached hydrogen (secondary N) is 1. The zero-order valence-corrected chi connectivity index (χ0v) is 13.7. The zero-order chi connectivity index (χ0) is 15.8. The van der Waals surface area contributed by atoms with Crippen molar-refractivity contribution in [2.45, 2.75) is 30.6 Å². The predicted octanol–water partition coefficient (Wildman–Crippen LogP) is 4.05. The molecular formula is C18H21NO2S. The Morgan fingerprint density at radius 1 is 1.05 bits per heavy atom. The van der Waals surface area contributed by atoms with E-state index in [1.54, 1.807) is 11.8 Å². The molecule has 0 spiro atoms. The zero-order valence-electron chi connectivity index (χ0n) is 12.9. The highest BCUT2D eigenvalue weighted by atomic mass is 32.2. The van der Waals surface area contributed by atoms with Gasteiger partial charge < -0.3 is 0 Å². The molecule has 1 N–H and O–H groups in total. The van der Waals surface area contributed by atoms with Crippen LogP contribution < -0.4 is 5.48 Å². The van der Waals surface area contributed by atoms with Crippen LogP contribution >= 0.6 is 11.8 Å². The largest absolute Gasteiger partial charge is 0.272 e. The summed E-state index contributed by atoms with van der Waals surface area (Å²) in [5.74, 6) is -0.229. The van der Waals surface area contributed by atoms with E-state index in [0.717, 1.165) is 5.56 Å². The highest BCUT2D eigenvalue weighted by Gasteiger charge is 2.21. The van der Waals surface area contributed by atoms with Crippen LogP contribution in [0.25, 0.3) is 0 Å². The summed E-state index contributed by atoms with van der Waals surface area (Å²) in [6, 6.07) is 19.9. The minimum Gasteiger partial charge on any atom is -0.272 e. The van der Waals surface area contributed by atoms with E-state index in [4.69, 9.17) is 4.84 Å². The molecule has 1 amide bonds. The summed E-state index contributed by atoms with van der Waals surface area (Å²) >= 11 is 1.69. The van der Waals surface area contributed by atoms with Crippen LogP contribution in [0, 0.1) is 5.92 Å². The Morgan fingerprint density at radius 2 is 1.64 bits per heavy atom. The minimum absolute atomic E-state index is 0.0909. The van der Waals surface area contributed by atoms with Crippen molar-refractivity contribution in [3.63, 3.8) is 0 Å². The summed E-state index contributed by atoms with van der Waals surface area (Å²) in [6.45, 7) is 4.35. The molecule has 0 aliphatic rings. The highest BCUT2D eigenvalue weighted by Crippen LogP contribution is 2.27. The number of hydrogen-bond donors (Lipinski definition) is 1. The van der Waals surface area contributed by atoms with Gasteiger partial charge in [0.1, 0.15) is 0 Å². The Kier molecular flexibility index (Phi) is 6.49. The molecule has 0 bridgehead atoms. The molecule has 22 heavy (non-hydrogen) atoms. The normalized spacial score (nSPS) is 13.4. The summed E-state index contributed by atoms with van der Waals surface area (Å²) in [4.78, 5) is 18.6. The summed E-state index contributed by atoms with van der Waals surface area (Å²) in [6.07, 6.45) is 0. The van der Waals surface area contributed by atoms with Crippen LogP contribution in [0.15, 0.2) is 65.6 Å². The quantitative estimate of drug-likeness (QED) is 0.619. The maximum atomic E-state index is 12.1. The van der Waals surface area contributed by atoms with E-state index in [1.165, 1.54) is 4.90 Å². The van der Waals surface area contributed by atoms with Gasteiger partial charge in [0.25, 0.3) is 0 Å². The molecule has 116 valence electrons. The van der Waals surface area contributed by atoms with Gasteiger partial charge in [0.05, 0.1) is 6.61 Å². The Bertz CT molecular complexity index is 574. The van der Waals surface area contributed by atoms with Gasteiger partial charge in [0.2, 0.25) is 5.91 Å². The van der Waals surface area contributed by atoms with Crippen molar-refractivity contribution in [3.05, 3.63) is 66.2 Å². The van der Waals surface area contributed by atoms with Crippen molar-refractivity contribution in [2.75, 3.05) is 0 Å². The van der Waals surface area contributed by atoms with Gasteiger partial charge in [-0.3, -0.25) is 9.63 Å². The van der Waals surface area contributed by atoms with Crippen LogP contribution in [0.4, 0.5) is 0 Å². The first-order chi connectivity index (χ1) is 10.7. The van der Waals surface area contributed by atoms with Crippen LogP contribution in [0.2, 0.25) is 0 Å². The lowest BCUT2D eigenvalue weighted by molar-refractivity contribution is -0.138. The number of hydroxylamine groups is 1. The molecule has 0 radical (unpaired) electrons. The SMILES string of the molecule is C[C@H](Sc1ccccc1)[C@H](C)C(=O)NOCc1ccccc1. The van der Waals surface area contributed by atoms with Crippen molar-refractivity contribution in [1.82, 2.24) is 5.48 Å². The molecule has 0 saturated heterocycles. The molecule has 2 rings (SSSR count). The van der Waals surface area contributed by atoms with E-state index >= 15 is 0 Å². The molecule has 0 aliphatic carbocycles. The van der Waals surface area contributed by atoms with E-state index < -0.39 is 0 Å². The summed E-state index contributed by atoms with van der Waals surface area (Å²) in [5, 5.41) is 0.169. The Balaban J connectivity index is 1.76. The van der Waals surface area contributed by atoms with Gasteiger partial charge in [-0.1, -0.05) is 62.4 Å². The van der Waals surface area contributed by atoms with E-state index in [2.05, 4.69) is 24.5 Å². The standard InChI is InChI=1S/C18H21NO2S/c1-14(15(2)22-17-11-7-4-8-12-17)18(20)19-21-13-16-9-5-3-6-10-16/h3-12,14-15H,13H2,1-2H3,(H,19,20)/t14-,15-/m0/s1. The lowest BCUT2D eigenvalue weighted by atomic mass is 10.1. The maximum Gasteiger partial charge on any atom is 0.247 e. The second-order valence-corrected chi connectivity index (χ2v) is 6.62. The van der Waals surface area contributed by atoms with Crippen molar-refractivity contribution >= 4 is 17.7 Å². The van der Waals surface area contributed by atoms with E-state index in [0.29, 0.717) is 6.61 Å². The van der Waals surface area contributed by atoms with Crippen LogP contribution in [-0.2, 0) is 16.2 Å². The van der Waals surface area contributed by atoms with Gasteiger partial charge in [-0.15, -0.1) is 11.8 Å². The fourth-order valence-electron chi connectivity index (χ4n) is 1.89. The first-order valence-corrected chi connectivity index (χ1v) is 8.22. The third kappa shape index (κ3) is 5.20. The van der Waals surface area contributed by atoms with Crippen molar-refractivity contribution in [2.24, 2.45) is 5.92 Å². The number of hydrogen-bond acceptors (Lipinski definition) is 3. The average molecular weight is 315 g/mol. The molecule has 0 fully saturated rings. The molecule has 0 aromatic heterocycles. The van der Waals surface area contributed by atoms with Crippen LogP contribution in [0.5, 0.6) is 0 Å². The summed E-state index contributed by atoms with van der Waals surface area (Å²) in [5.41, 5.74) is 3.58. The third-order valence-electron chi connectivity index (χ3n) is 3.44. The Labute approximate surface area is 136 Å². The van der Waals surface area contributed by atoms with Crippen LogP contribution in [0.1, 0.15) is 19.4 Å². The first-order valence-electron chi connectivity index (χ1n) is 7.34. The van der Waals surface area contributed by atoms with Crippen LogP contribution in [-0.4, -0.2) is 11.2 Å².